The van der Waals surface area contributed by atoms with E-state index in [4.69, 9.17) is 14.2 Å². The molecule has 0 spiro atoms. The van der Waals surface area contributed by atoms with Crippen LogP contribution in [0, 0.1) is 10.1 Å². The zero-order valence-corrected chi connectivity index (χ0v) is 20.5. The normalized spacial score (nSPS) is 14.4. The summed E-state index contributed by atoms with van der Waals surface area (Å²) in [5.74, 6) is -0.553. The molecule has 0 saturated carbocycles. The zero-order chi connectivity index (χ0) is 24.8. The molecule has 12 heteroatoms. The topological polar surface area (TPSA) is 125 Å². The van der Waals surface area contributed by atoms with Gasteiger partial charge in [-0.1, -0.05) is 12.1 Å². The molecule has 1 saturated heterocycles. The number of hydrogen-bond donors (Lipinski definition) is 0. The average molecular weight is 551 g/mol. The van der Waals surface area contributed by atoms with Gasteiger partial charge in [0.15, 0.2) is 11.5 Å². The van der Waals surface area contributed by atoms with Crippen molar-refractivity contribution in [3.63, 3.8) is 0 Å². The van der Waals surface area contributed by atoms with Gasteiger partial charge in [0.2, 0.25) is 0 Å². The van der Waals surface area contributed by atoms with Crippen molar-refractivity contribution in [3.8, 4) is 11.5 Å². The Kier molecular flexibility index (Phi) is 8.29. The number of ether oxygens (including phenoxy) is 3. The monoisotopic (exact) mass is 550 g/mol. The summed E-state index contributed by atoms with van der Waals surface area (Å²) in [5.41, 5.74) is 1.11. The molecule has 2 aromatic rings. The lowest BCUT2D eigenvalue weighted by Crippen LogP contribution is -2.34. The van der Waals surface area contributed by atoms with E-state index in [1.165, 1.54) is 25.3 Å². The van der Waals surface area contributed by atoms with Gasteiger partial charge >= 0.3 is 5.97 Å². The molecular weight excluding hydrogens is 532 g/mol. The molecule has 1 aliphatic heterocycles. The standard InChI is InChI=1S/C22H19BrN2O8S/c1-3-32-19(26)11-24-21(27)18(34-22(24)28)10-14-8-16(23)20(17(9-14)31-2)33-12-13-5-4-6-15(7-13)25(29)30/h4-10H,3,11-12H2,1-2H3/b18-10-. The highest BCUT2D eigenvalue weighted by Crippen LogP contribution is 2.39. The minimum absolute atomic E-state index is 0.0422. The Morgan fingerprint density at radius 1 is 1.26 bits per heavy atom. The number of nitro groups is 1. The molecule has 1 aliphatic rings. The first-order chi connectivity index (χ1) is 16.2. The Labute approximate surface area is 207 Å². The van der Waals surface area contributed by atoms with Crippen molar-refractivity contribution in [1.82, 2.24) is 4.90 Å². The van der Waals surface area contributed by atoms with Gasteiger partial charge in [0.25, 0.3) is 16.8 Å². The van der Waals surface area contributed by atoms with Crippen molar-refractivity contribution in [2.45, 2.75) is 13.5 Å². The van der Waals surface area contributed by atoms with Gasteiger partial charge in [0.1, 0.15) is 13.2 Å². The molecule has 10 nitrogen and oxygen atoms in total. The second-order valence-corrected chi connectivity index (χ2v) is 8.67. The molecule has 0 bridgehead atoms. The Morgan fingerprint density at radius 3 is 2.71 bits per heavy atom. The van der Waals surface area contributed by atoms with E-state index in [0.29, 0.717) is 27.1 Å². The summed E-state index contributed by atoms with van der Waals surface area (Å²) in [6.07, 6.45) is 1.51. The van der Waals surface area contributed by atoms with Gasteiger partial charge in [-0.15, -0.1) is 0 Å². The third kappa shape index (κ3) is 5.94. The van der Waals surface area contributed by atoms with Gasteiger partial charge in [0, 0.05) is 12.1 Å². The average Bonchev–Trinajstić information content (AvgIpc) is 3.05. The summed E-state index contributed by atoms with van der Waals surface area (Å²) < 4.78 is 16.5. The fourth-order valence-electron chi connectivity index (χ4n) is 3.00. The maximum absolute atomic E-state index is 12.6. The van der Waals surface area contributed by atoms with E-state index in [1.807, 2.05) is 0 Å². The van der Waals surface area contributed by atoms with Crippen LogP contribution in [-0.2, 0) is 20.9 Å². The molecule has 1 heterocycles. The number of nitrogens with zero attached hydrogens (tertiary/aromatic N) is 2. The SMILES string of the molecule is CCOC(=O)CN1C(=O)S/C(=C\c2cc(Br)c(OCc3cccc([N+](=O)[O-])c3)c(OC)c2)C1=O. The molecule has 0 N–H and O–H groups in total. The van der Waals surface area contributed by atoms with Crippen LogP contribution >= 0.6 is 27.7 Å². The van der Waals surface area contributed by atoms with Crippen LogP contribution in [-0.4, -0.2) is 47.2 Å². The fourth-order valence-corrected chi connectivity index (χ4v) is 4.41. The summed E-state index contributed by atoms with van der Waals surface area (Å²) in [7, 11) is 1.44. The van der Waals surface area contributed by atoms with E-state index in [-0.39, 0.29) is 23.8 Å². The van der Waals surface area contributed by atoms with Crippen LogP contribution in [0.5, 0.6) is 11.5 Å². The second kappa shape index (κ2) is 11.2. The first kappa shape index (κ1) is 25.2. The van der Waals surface area contributed by atoms with Crippen LogP contribution < -0.4 is 9.47 Å². The number of carbonyl (C=O) groups is 3. The largest absolute Gasteiger partial charge is 0.493 e. The third-order valence-corrected chi connectivity index (χ3v) is 6.02. The van der Waals surface area contributed by atoms with Crippen LogP contribution in [0.4, 0.5) is 10.5 Å². The van der Waals surface area contributed by atoms with Gasteiger partial charge in [-0.2, -0.15) is 0 Å². The van der Waals surface area contributed by atoms with Crippen molar-refractivity contribution < 1.29 is 33.5 Å². The van der Waals surface area contributed by atoms with Crippen molar-refractivity contribution >= 4 is 56.6 Å². The number of benzene rings is 2. The molecule has 3 rings (SSSR count). The predicted molar refractivity (Wildman–Crippen MR) is 127 cm³/mol. The molecule has 0 atom stereocenters. The van der Waals surface area contributed by atoms with Gasteiger partial charge in [0.05, 0.1) is 28.0 Å². The number of nitro benzene ring substituents is 1. The van der Waals surface area contributed by atoms with E-state index < -0.39 is 28.6 Å². The number of imide groups is 1. The lowest BCUT2D eigenvalue weighted by Gasteiger charge is -2.14. The summed E-state index contributed by atoms with van der Waals surface area (Å²) in [4.78, 5) is 47.9. The molecule has 0 radical (unpaired) electrons. The highest BCUT2D eigenvalue weighted by molar-refractivity contribution is 9.10. The Hall–Kier alpha value is -3.38. The van der Waals surface area contributed by atoms with Gasteiger partial charge < -0.3 is 14.2 Å². The van der Waals surface area contributed by atoms with Gasteiger partial charge in [-0.3, -0.25) is 29.4 Å². The van der Waals surface area contributed by atoms with Crippen molar-refractivity contribution in [2.75, 3.05) is 20.3 Å². The number of halogens is 1. The maximum atomic E-state index is 12.6. The number of thioether (sulfide) groups is 1. The lowest BCUT2D eigenvalue weighted by atomic mass is 10.1. The van der Waals surface area contributed by atoms with Gasteiger partial charge in [-0.25, -0.2) is 0 Å². The lowest BCUT2D eigenvalue weighted by molar-refractivity contribution is -0.384. The highest BCUT2D eigenvalue weighted by Gasteiger charge is 2.36. The van der Waals surface area contributed by atoms with Crippen molar-refractivity contribution in [2.24, 2.45) is 0 Å². The van der Waals surface area contributed by atoms with Crippen LogP contribution in [0.1, 0.15) is 18.1 Å². The van der Waals surface area contributed by atoms with Crippen molar-refractivity contribution in [3.05, 3.63) is 67.0 Å². The Bertz CT molecular complexity index is 1180. The van der Waals surface area contributed by atoms with E-state index in [9.17, 15) is 24.5 Å². The van der Waals surface area contributed by atoms with Crippen LogP contribution in [0.3, 0.4) is 0 Å². The number of carbonyl (C=O) groups excluding carboxylic acids is 3. The molecule has 0 aromatic heterocycles. The summed E-state index contributed by atoms with van der Waals surface area (Å²) in [6.45, 7) is 1.39. The van der Waals surface area contributed by atoms with E-state index in [1.54, 1.807) is 31.2 Å². The molecule has 1 fully saturated rings. The number of rotatable bonds is 9. The Morgan fingerprint density at radius 2 is 2.03 bits per heavy atom. The minimum Gasteiger partial charge on any atom is -0.493 e. The maximum Gasteiger partial charge on any atom is 0.326 e. The van der Waals surface area contributed by atoms with Crippen LogP contribution in [0.2, 0.25) is 0 Å². The summed E-state index contributed by atoms with van der Waals surface area (Å²) in [6, 6.07) is 9.37. The fraction of sp³-hybridized carbons (Fsp3) is 0.227. The summed E-state index contributed by atoms with van der Waals surface area (Å²) in [5, 5.41) is 10.4. The Balaban J connectivity index is 1.79. The number of esters is 1. The molecule has 0 unspecified atom stereocenters. The number of hydrogen-bond acceptors (Lipinski definition) is 9. The van der Waals surface area contributed by atoms with E-state index in [0.717, 1.165) is 16.7 Å². The smallest absolute Gasteiger partial charge is 0.326 e. The third-order valence-electron chi connectivity index (χ3n) is 4.52. The molecule has 2 amide bonds. The number of amides is 2. The van der Waals surface area contributed by atoms with Gasteiger partial charge in [-0.05, 0) is 64.0 Å². The first-order valence-corrected chi connectivity index (χ1v) is 11.5. The molecule has 0 aliphatic carbocycles. The highest BCUT2D eigenvalue weighted by atomic mass is 79.9. The first-order valence-electron chi connectivity index (χ1n) is 9.88. The van der Waals surface area contributed by atoms with Crippen molar-refractivity contribution in [1.29, 1.82) is 0 Å². The number of methoxy groups -OCH3 is 1. The molecular formula is C22H19BrN2O8S. The quantitative estimate of drug-likeness (QED) is 0.191. The predicted octanol–water partition coefficient (Wildman–Crippen LogP) is 4.54. The van der Waals surface area contributed by atoms with E-state index >= 15 is 0 Å². The van der Waals surface area contributed by atoms with Crippen LogP contribution in [0.25, 0.3) is 6.08 Å². The summed E-state index contributed by atoms with van der Waals surface area (Å²) >= 11 is 4.14. The molecule has 2 aromatic carbocycles. The minimum atomic E-state index is -0.666. The van der Waals surface area contributed by atoms with Crippen LogP contribution in [0.15, 0.2) is 45.8 Å². The molecule has 178 valence electrons. The van der Waals surface area contributed by atoms with E-state index in [2.05, 4.69) is 15.9 Å². The second-order valence-electron chi connectivity index (χ2n) is 6.82. The zero-order valence-electron chi connectivity index (χ0n) is 18.1. The molecule has 34 heavy (non-hydrogen) atoms. The number of non-ortho nitro benzene ring substituents is 1.